The summed E-state index contributed by atoms with van der Waals surface area (Å²) < 4.78 is 1.15. The third-order valence-corrected chi connectivity index (χ3v) is 2.38. The molecule has 16 heavy (non-hydrogen) atoms. The summed E-state index contributed by atoms with van der Waals surface area (Å²) in [5.74, 6) is 0. The first-order valence-corrected chi connectivity index (χ1v) is 5.14. The number of hydrogen-bond donors (Lipinski definition) is 1. The summed E-state index contributed by atoms with van der Waals surface area (Å²) in [7, 11) is 0. The SMILES string of the molecule is NC(=O)n1ccc(CCc2ccccc2)n1. The fraction of sp³-hybridized carbons (Fsp3) is 0.167. The lowest BCUT2D eigenvalue weighted by molar-refractivity contribution is 0.247. The molecule has 1 aromatic heterocycles. The van der Waals surface area contributed by atoms with Gasteiger partial charge in [-0.15, -0.1) is 0 Å². The average molecular weight is 215 g/mol. The summed E-state index contributed by atoms with van der Waals surface area (Å²) in [5, 5.41) is 4.07. The van der Waals surface area contributed by atoms with E-state index < -0.39 is 6.03 Å². The van der Waals surface area contributed by atoms with Gasteiger partial charge in [-0.2, -0.15) is 9.78 Å². The molecule has 1 heterocycles. The molecule has 2 N–H and O–H groups in total. The lowest BCUT2D eigenvalue weighted by Gasteiger charge is -1.98. The van der Waals surface area contributed by atoms with Crippen molar-refractivity contribution in [3.05, 3.63) is 53.9 Å². The van der Waals surface area contributed by atoms with Crippen molar-refractivity contribution in [3.8, 4) is 0 Å². The number of amides is 1. The van der Waals surface area contributed by atoms with E-state index in [1.165, 1.54) is 5.56 Å². The second kappa shape index (κ2) is 4.61. The van der Waals surface area contributed by atoms with Gasteiger partial charge in [0.1, 0.15) is 0 Å². The van der Waals surface area contributed by atoms with Crippen LogP contribution in [0.5, 0.6) is 0 Å². The first-order chi connectivity index (χ1) is 7.75. The van der Waals surface area contributed by atoms with Gasteiger partial charge < -0.3 is 5.73 Å². The van der Waals surface area contributed by atoms with Gasteiger partial charge in [0.25, 0.3) is 0 Å². The zero-order chi connectivity index (χ0) is 11.4. The van der Waals surface area contributed by atoms with Gasteiger partial charge in [0.15, 0.2) is 0 Å². The van der Waals surface area contributed by atoms with Crippen molar-refractivity contribution in [3.63, 3.8) is 0 Å². The van der Waals surface area contributed by atoms with Crippen LogP contribution < -0.4 is 5.73 Å². The highest BCUT2D eigenvalue weighted by molar-refractivity contribution is 5.73. The van der Waals surface area contributed by atoms with Crippen LogP contribution in [0.3, 0.4) is 0 Å². The van der Waals surface area contributed by atoms with Crippen molar-refractivity contribution in [1.82, 2.24) is 9.78 Å². The predicted molar refractivity (Wildman–Crippen MR) is 61.1 cm³/mol. The van der Waals surface area contributed by atoms with Crippen molar-refractivity contribution in [2.75, 3.05) is 0 Å². The van der Waals surface area contributed by atoms with E-state index in [2.05, 4.69) is 17.2 Å². The van der Waals surface area contributed by atoms with E-state index in [0.29, 0.717) is 0 Å². The lowest BCUT2D eigenvalue weighted by atomic mass is 10.1. The second-order valence-corrected chi connectivity index (χ2v) is 3.58. The van der Waals surface area contributed by atoms with Gasteiger partial charge in [-0.3, -0.25) is 0 Å². The Labute approximate surface area is 93.7 Å². The molecular formula is C12H13N3O. The van der Waals surface area contributed by atoms with Gasteiger partial charge in [-0.25, -0.2) is 4.79 Å². The lowest BCUT2D eigenvalue weighted by Crippen LogP contribution is -2.20. The van der Waals surface area contributed by atoms with E-state index in [1.807, 2.05) is 24.3 Å². The van der Waals surface area contributed by atoms with Crippen LogP contribution in [0, 0.1) is 0 Å². The zero-order valence-electron chi connectivity index (χ0n) is 8.84. The highest BCUT2D eigenvalue weighted by Crippen LogP contribution is 2.05. The molecule has 0 fully saturated rings. The minimum Gasteiger partial charge on any atom is -0.350 e. The minimum atomic E-state index is -0.550. The molecule has 0 aliphatic heterocycles. The Morgan fingerprint density at radius 2 is 1.94 bits per heavy atom. The molecule has 1 amide bonds. The van der Waals surface area contributed by atoms with Crippen LogP contribution in [0.1, 0.15) is 11.3 Å². The van der Waals surface area contributed by atoms with E-state index in [4.69, 9.17) is 5.73 Å². The monoisotopic (exact) mass is 215 g/mol. The van der Waals surface area contributed by atoms with Crippen LogP contribution >= 0.6 is 0 Å². The molecule has 2 rings (SSSR count). The fourth-order valence-electron chi connectivity index (χ4n) is 1.53. The number of hydrogen-bond acceptors (Lipinski definition) is 2. The Morgan fingerprint density at radius 1 is 1.19 bits per heavy atom. The van der Waals surface area contributed by atoms with E-state index in [9.17, 15) is 4.79 Å². The maximum Gasteiger partial charge on any atom is 0.339 e. The fourth-order valence-corrected chi connectivity index (χ4v) is 1.53. The third-order valence-electron chi connectivity index (χ3n) is 2.38. The number of nitrogens with two attached hydrogens (primary N) is 1. The largest absolute Gasteiger partial charge is 0.350 e. The summed E-state index contributed by atoms with van der Waals surface area (Å²) >= 11 is 0. The minimum absolute atomic E-state index is 0.550. The number of nitrogens with zero attached hydrogens (tertiary/aromatic N) is 2. The van der Waals surface area contributed by atoms with E-state index in [-0.39, 0.29) is 0 Å². The normalized spacial score (nSPS) is 10.2. The number of aromatic nitrogens is 2. The molecule has 0 spiro atoms. The molecule has 0 saturated heterocycles. The Bertz CT molecular complexity index is 476. The highest BCUT2D eigenvalue weighted by atomic mass is 16.2. The van der Waals surface area contributed by atoms with Crippen LogP contribution in [0.15, 0.2) is 42.6 Å². The number of aryl methyl sites for hydroxylation is 2. The van der Waals surface area contributed by atoms with Crippen molar-refractivity contribution < 1.29 is 4.79 Å². The van der Waals surface area contributed by atoms with Gasteiger partial charge in [-0.1, -0.05) is 30.3 Å². The highest BCUT2D eigenvalue weighted by Gasteiger charge is 2.02. The molecule has 0 aliphatic carbocycles. The Kier molecular flexibility index (Phi) is 3.00. The van der Waals surface area contributed by atoms with Gasteiger partial charge in [0.2, 0.25) is 0 Å². The summed E-state index contributed by atoms with van der Waals surface area (Å²) in [5.41, 5.74) is 7.23. The number of carbonyl (C=O) groups is 1. The molecule has 0 unspecified atom stereocenters. The first-order valence-electron chi connectivity index (χ1n) is 5.14. The Morgan fingerprint density at radius 3 is 2.56 bits per heavy atom. The maximum atomic E-state index is 10.8. The molecule has 0 aliphatic rings. The Balaban J connectivity index is 1.97. The predicted octanol–water partition coefficient (Wildman–Crippen LogP) is 1.60. The van der Waals surface area contributed by atoms with Crippen LogP contribution in [0.25, 0.3) is 0 Å². The quantitative estimate of drug-likeness (QED) is 0.845. The van der Waals surface area contributed by atoms with Gasteiger partial charge in [0, 0.05) is 6.20 Å². The topological polar surface area (TPSA) is 60.9 Å². The van der Waals surface area contributed by atoms with Crippen LogP contribution in [-0.4, -0.2) is 15.8 Å². The molecule has 4 heteroatoms. The van der Waals surface area contributed by atoms with Crippen molar-refractivity contribution in [1.29, 1.82) is 0 Å². The maximum absolute atomic E-state index is 10.8. The molecule has 1 aromatic carbocycles. The average Bonchev–Trinajstić information content (AvgIpc) is 2.76. The van der Waals surface area contributed by atoms with Crippen molar-refractivity contribution >= 4 is 6.03 Å². The van der Waals surface area contributed by atoms with Gasteiger partial charge in [-0.05, 0) is 24.5 Å². The molecule has 0 atom stereocenters. The number of rotatable bonds is 3. The zero-order valence-corrected chi connectivity index (χ0v) is 8.84. The molecule has 82 valence electrons. The molecule has 0 bridgehead atoms. The third kappa shape index (κ3) is 2.48. The molecule has 4 nitrogen and oxygen atoms in total. The first kappa shape index (κ1) is 10.4. The number of carbonyl (C=O) groups excluding carboxylic acids is 1. The number of benzene rings is 1. The second-order valence-electron chi connectivity index (χ2n) is 3.58. The number of primary amides is 1. The van der Waals surface area contributed by atoms with Gasteiger partial charge >= 0.3 is 6.03 Å². The summed E-state index contributed by atoms with van der Waals surface area (Å²) in [6.45, 7) is 0. The summed E-state index contributed by atoms with van der Waals surface area (Å²) in [6, 6.07) is 11.4. The smallest absolute Gasteiger partial charge is 0.339 e. The summed E-state index contributed by atoms with van der Waals surface area (Å²) in [6.07, 6.45) is 3.31. The van der Waals surface area contributed by atoms with E-state index in [0.717, 1.165) is 23.2 Å². The van der Waals surface area contributed by atoms with Crippen molar-refractivity contribution in [2.45, 2.75) is 12.8 Å². The molecular weight excluding hydrogens is 202 g/mol. The van der Waals surface area contributed by atoms with Gasteiger partial charge in [0.05, 0.1) is 5.69 Å². The molecule has 0 radical (unpaired) electrons. The van der Waals surface area contributed by atoms with E-state index >= 15 is 0 Å². The molecule has 0 saturated carbocycles. The van der Waals surface area contributed by atoms with Crippen molar-refractivity contribution in [2.24, 2.45) is 5.73 Å². The van der Waals surface area contributed by atoms with Crippen LogP contribution in [-0.2, 0) is 12.8 Å². The summed E-state index contributed by atoms with van der Waals surface area (Å²) in [4.78, 5) is 10.8. The van der Waals surface area contributed by atoms with Crippen LogP contribution in [0.4, 0.5) is 4.79 Å². The Hall–Kier alpha value is -2.10. The van der Waals surface area contributed by atoms with E-state index in [1.54, 1.807) is 6.20 Å². The van der Waals surface area contributed by atoms with Crippen LogP contribution in [0.2, 0.25) is 0 Å². The standard InChI is InChI=1S/C12H13N3O/c13-12(16)15-9-8-11(14-15)7-6-10-4-2-1-3-5-10/h1-5,8-9H,6-7H2,(H2,13,16). The molecule has 2 aromatic rings.